The lowest BCUT2D eigenvalue weighted by molar-refractivity contribution is -0.119. The van der Waals surface area contributed by atoms with Gasteiger partial charge in [-0.3, -0.25) is 9.69 Å². The summed E-state index contributed by atoms with van der Waals surface area (Å²) >= 11 is 0. The second-order valence-corrected chi connectivity index (χ2v) is 7.61. The average Bonchev–Trinajstić information content (AvgIpc) is 3.27. The first-order chi connectivity index (χ1) is 15.5. The second-order valence-electron chi connectivity index (χ2n) is 7.61. The number of aliphatic imine (C=N–C) groups is 1. The number of halogens is 2. The Hall–Kier alpha value is -3.58. The van der Waals surface area contributed by atoms with Crippen LogP contribution in [0.4, 0.5) is 8.78 Å². The maximum Gasteiger partial charge on any atom is 0.222 e. The molecule has 4 rings (SSSR count). The van der Waals surface area contributed by atoms with Crippen LogP contribution in [0.2, 0.25) is 0 Å². The van der Waals surface area contributed by atoms with Crippen LogP contribution in [0.15, 0.2) is 71.7 Å². The molecule has 1 aliphatic rings. The molecule has 5 nitrogen and oxygen atoms in total. The molecule has 3 aromatic rings. The lowest BCUT2D eigenvalue weighted by Crippen LogP contribution is -2.34. The molecule has 0 spiro atoms. The van der Waals surface area contributed by atoms with Crippen molar-refractivity contribution in [2.75, 3.05) is 20.7 Å². The van der Waals surface area contributed by atoms with Gasteiger partial charge < -0.3 is 9.47 Å². The lowest BCUT2D eigenvalue weighted by Gasteiger charge is -2.20. The zero-order valence-corrected chi connectivity index (χ0v) is 17.7. The van der Waals surface area contributed by atoms with Gasteiger partial charge in [-0.05, 0) is 55.1 Å². The Labute approximate surface area is 184 Å². The molecule has 7 heteroatoms. The first kappa shape index (κ1) is 21.6. The predicted molar refractivity (Wildman–Crippen MR) is 118 cm³/mol. The van der Waals surface area contributed by atoms with Gasteiger partial charge >= 0.3 is 0 Å². The molecule has 0 saturated heterocycles. The number of aldehydes is 1. The van der Waals surface area contributed by atoms with Crippen LogP contribution in [0, 0.1) is 11.6 Å². The van der Waals surface area contributed by atoms with Crippen LogP contribution in [0.5, 0.6) is 5.75 Å². The quantitative estimate of drug-likeness (QED) is 0.401. The van der Waals surface area contributed by atoms with E-state index in [0.717, 1.165) is 23.0 Å². The molecule has 0 bridgehead atoms. The summed E-state index contributed by atoms with van der Waals surface area (Å²) in [7, 11) is 3.54. The van der Waals surface area contributed by atoms with Gasteiger partial charge in [0, 0.05) is 0 Å². The third kappa shape index (κ3) is 4.53. The van der Waals surface area contributed by atoms with Crippen molar-refractivity contribution in [3.8, 4) is 16.9 Å². The first-order valence-corrected chi connectivity index (χ1v) is 10.1. The molecule has 0 fully saturated rings. The number of nitrogens with zero attached hydrogens (tertiary/aromatic N) is 2. The van der Waals surface area contributed by atoms with E-state index in [2.05, 4.69) is 4.99 Å². The van der Waals surface area contributed by atoms with Crippen molar-refractivity contribution in [3.05, 3.63) is 89.5 Å². The molecule has 2 atom stereocenters. The van der Waals surface area contributed by atoms with Crippen LogP contribution >= 0.6 is 0 Å². The molecular formula is C25H22F2N2O3. The SMILES string of the molecule is CN(C)C(C=O)Oc1ccc(-c2ccc(C3COC(c4c(F)cccc4F)=N3)cc2)cc1. The first-order valence-electron chi connectivity index (χ1n) is 10.1. The smallest absolute Gasteiger partial charge is 0.222 e. The minimum atomic E-state index is -0.697. The van der Waals surface area contributed by atoms with Gasteiger partial charge in [0.25, 0.3) is 0 Å². The van der Waals surface area contributed by atoms with E-state index in [9.17, 15) is 13.6 Å². The van der Waals surface area contributed by atoms with Crippen LogP contribution in [0.25, 0.3) is 11.1 Å². The molecule has 164 valence electrons. The van der Waals surface area contributed by atoms with Crippen LogP contribution in [0.1, 0.15) is 17.2 Å². The third-order valence-electron chi connectivity index (χ3n) is 5.19. The number of benzene rings is 3. The standard InChI is InChI=1S/C25H22F2N2O3/c1-29(2)23(14-30)32-19-12-10-17(11-13-19)16-6-8-18(9-7-16)22-15-31-25(28-22)24-20(26)4-3-5-21(24)27/h3-14,22-23H,15H2,1-2H3. The molecule has 0 aromatic heterocycles. The van der Waals surface area contributed by atoms with Gasteiger partial charge in [-0.1, -0.05) is 42.5 Å². The van der Waals surface area contributed by atoms with E-state index < -0.39 is 17.9 Å². The number of ether oxygens (including phenoxy) is 2. The Kier molecular flexibility index (Phi) is 6.28. The number of carbonyl (C=O) groups excluding carboxylic acids is 1. The van der Waals surface area contributed by atoms with Crippen LogP contribution < -0.4 is 4.74 Å². The number of hydrogen-bond acceptors (Lipinski definition) is 5. The molecule has 0 amide bonds. The van der Waals surface area contributed by atoms with E-state index >= 15 is 0 Å². The molecule has 0 N–H and O–H groups in total. The van der Waals surface area contributed by atoms with Crippen LogP contribution in [-0.4, -0.2) is 44.0 Å². The van der Waals surface area contributed by atoms with Gasteiger partial charge in [-0.25, -0.2) is 13.8 Å². The highest BCUT2D eigenvalue weighted by Gasteiger charge is 2.26. The Balaban J connectivity index is 1.48. The van der Waals surface area contributed by atoms with E-state index in [4.69, 9.17) is 9.47 Å². The fourth-order valence-electron chi connectivity index (χ4n) is 3.40. The third-order valence-corrected chi connectivity index (χ3v) is 5.19. The number of rotatable bonds is 7. The van der Waals surface area contributed by atoms with Gasteiger partial charge in [-0.2, -0.15) is 0 Å². The highest BCUT2D eigenvalue weighted by Crippen LogP contribution is 2.29. The van der Waals surface area contributed by atoms with E-state index in [1.54, 1.807) is 19.0 Å². The molecule has 32 heavy (non-hydrogen) atoms. The Morgan fingerprint density at radius 3 is 2.16 bits per heavy atom. The monoisotopic (exact) mass is 436 g/mol. The minimum Gasteiger partial charge on any atom is -0.475 e. The van der Waals surface area contributed by atoms with Gasteiger partial charge in [0.15, 0.2) is 6.29 Å². The van der Waals surface area contributed by atoms with Crippen molar-refractivity contribution in [2.45, 2.75) is 12.3 Å². The maximum atomic E-state index is 14.0. The number of hydrogen-bond donors (Lipinski definition) is 0. The average molecular weight is 436 g/mol. The number of carbonyl (C=O) groups is 1. The van der Waals surface area contributed by atoms with Crippen molar-refractivity contribution < 1.29 is 23.0 Å². The largest absolute Gasteiger partial charge is 0.475 e. The summed E-state index contributed by atoms with van der Waals surface area (Å²) < 4.78 is 39.1. The normalized spacial score (nSPS) is 16.4. The topological polar surface area (TPSA) is 51.1 Å². The van der Waals surface area contributed by atoms with Crippen LogP contribution in [-0.2, 0) is 9.53 Å². The molecule has 0 saturated carbocycles. The molecular weight excluding hydrogens is 414 g/mol. The summed E-state index contributed by atoms with van der Waals surface area (Å²) in [5.74, 6) is -0.812. The fraction of sp³-hybridized carbons (Fsp3) is 0.200. The zero-order chi connectivity index (χ0) is 22.7. The molecule has 1 heterocycles. The highest BCUT2D eigenvalue weighted by molar-refractivity contribution is 5.95. The van der Waals surface area contributed by atoms with Gasteiger partial charge in [-0.15, -0.1) is 0 Å². The van der Waals surface area contributed by atoms with E-state index in [-0.39, 0.29) is 24.1 Å². The lowest BCUT2D eigenvalue weighted by atomic mass is 10.0. The van der Waals surface area contributed by atoms with Gasteiger partial charge in [0.05, 0.1) is 0 Å². The summed E-state index contributed by atoms with van der Waals surface area (Å²) in [4.78, 5) is 17.2. The van der Waals surface area contributed by atoms with E-state index in [1.165, 1.54) is 18.2 Å². The number of likely N-dealkylation sites (N-methyl/N-ethyl adjacent to an activating group) is 1. The molecule has 0 aliphatic carbocycles. The van der Waals surface area contributed by atoms with Crippen molar-refractivity contribution in [2.24, 2.45) is 4.99 Å². The summed E-state index contributed by atoms with van der Waals surface area (Å²) in [5, 5.41) is 0. The van der Waals surface area contributed by atoms with Gasteiger partial charge in [0.1, 0.15) is 35.6 Å². The van der Waals surface area contributed by atoms with Crippen molar-refractivity contribution >= 4 is 12.2 Å². The van der Waals surface area contributed by atoms with Crippen molar-refractivity contribution in [3.63, 3.8) is 0 Å². The zero-order valence-electron chi connectivity index (χ0n) is 17.7. The van der Waals surface area contributed by atoms with Crippen LogP contribution in [0.3, 0.4) is 0 Å². The van der Waals surface area contributed by atoms with Crippen molar-refractivity contribution in [1.29, 1.82) is 0 Å². The van der Waals surface area contributed by atoms with E-state index in [0.29, 0.717) is 5.75 Å². The molecule has 0 radical (unpaired) electrons. The highest BCUT2D eigenvalue weighted by atomic mass is 19.1. The van der Waals surface area contributed by atoms with Gasteiger partial charge in [0.2, 0.25) is 12.1 Å². The van der Waals surface area contributed by atoms with E-state index in [1.807, 2.05) is 48.5 Å². The van der Waals surface area contributed by atoms with Crippen molar-refractivity contribution in [1.82, 2.24) is 4.90 Å². The Bertz CT molecular complexity index is 1110. The second kappa shape index (κ2) is 9.28. The Morgan fingerprint density at radius 2 is 1.59 bits per heavy atom. The fourth-order valence-corrected chi connectivity index (χ4v) is 3.40. The molecule has 1 aliphatic heterocycles. The predicted octanol–water partition coefficient (Wildman–Crippen LogP) is 4.62. The maximum absolute atomic E-state index is 14.0. The summed E-state index contributed by atoms with van der Waals surface area (Å²) in [6.45, 7) is 0.220. The molecule has 3 aromatic carbocycles. The summed E-state index contributed by atoms with van der Waals surface area (Å²) in [5.41, 5.74) is 2.63. The Morgan fingerprint density at radius 1 is 1.00 bits per heavy atom. The molecule has 2 unspecified atom stereocenters. The summed E-state index contributed by atoms with van der Waals surface area (Å²) in [6.07, 6.45) is 0.102. The summed E-state index contributed by atoms with van der Waals surface area (Å²) in [6, 6.07) is 18.6. The minimum absolute atomic E-state index is 0.0170.